The molecule has 6 heavy (non-hydrogen) atoms. The van der Waals surface area contributed by atoms with Crippen molar-refractivity contribution < 1.29 is 0 Å². The Morgan fingerprint density at radius 1 is 1.67 bits per heavy atom. The van der Waals surface area contributed by atoms with Crippen LogP contribution in [0.3, 0.4) is 0 Å². The van der Waals surface area contributed by atoms with Gasteiger partial charge in [-0.15, -0.1) is 0 Å². The minimum absolute atomic E-state index is 1.00. The molecule has 2 heteroatoms. The van der Waals surface area contributed by atoms with E-state index in [1.807, 2.05) is 18.8 Å². The van der Waals surface area contributed by atoms with Crippen LogP contribution in [-0.4, -0.2) is 25.6 Å². The van der Waals surface area contributed by atoms with Gasteiger partial charge in [-0.25, -0.2) is 5.32 Å². The van der Waals surface area contributed by atoms with Gasteiger partial charge in [-0.1, -0.05) is 0 Å². The lowest BCUT2D eigenvalue weighted by Crippen LogP contribution is -2.00. The molecular weight excluding hydrogens is 94.1 g/mol. The van der Waals surface area contributed by atoms with Gasteiger partial charge in [0.05, 0.1) is 0 Å². The van der Waals surface area contributed by atoms with Crippen molar-refractivity contribution in [2.45, 2.75) is 0 Å². The van der Waals surface area contributed by atoms with Crippen molar-refractivity contribution in [1.82, 2.24) is 5.32 Å². The summed E-state index contributed by atoms with van der Waals surface area (Å²) >= 11 is 1.83. The highest BCUT2D eigenvalue weighted by Gasteiger charge is 1.74. The van der Waals surface area contributed by atoms with Gasteiger partial charge in [0.2, 0.25) is 0 Å². The van der Waals surface area contributed by atoms with Crippen LogP contribution in [0.5, 0.6) is 0 Å². The minimum atomic E-state index is 1.00. The smallest absolute Gasteiger partial charge is 0.0220 e. The molecule has 0 aliphatic heterocycles. The van der Waals surface area contributed by atoms with Crippen molar-refractivity contribution in [3.63, 3.8) is 0 Å². The molecule has 1 radical (unpaired) electrons. The van der Waals surface area contributed by atoms with E-state index in [1.165, 1.54) is 0 Å². The largest absolute Gasteiger partial charge is 0.244 e. The van der Waals surface area contributed by atoms with Gasteiger partial charge in [-0.2, -0.15) is 11.8 Å². The fraction of sp³-hybridized carbons (Fsp3) is 1.00. The number of thioether (sulfide) groups is 1. The average molecular weight is 104 g/mol. The van der Waals surface area contributed by atoms with Crippen molar-refractivity contribution in [2.24, 2.45) is 0 Å². The summed E-state index contributed by atoms with van der Waals surface area (Å²) in [5.41, 5.74) is 0. The molecule has 1 nitrogen and oxygen atoms in total. The van der Waals surface area contributed by atoms with Crippen LogP contribution in [0.2, 0.25) is 0 Å². The Kier molecular flexibility index (Phi) is 5.58. The molecule has 0 unspecified atom stereocenters. The van der Waals surface area contributed by atoms with Gasteiger partial charge >= 0.3 is 0 Å². The van der Waals surface area contributed by atoms with Crippen LogP contribution < -0.4 is 5.32 Å². The number of hydrogen-bond donors (Lipinski definition) is 0. The summed E-state index contributed by atoms with van der Waals surface area (Å²) in [6.45, 7) is 1.00. The summed E-state index contributed by atoms with van der Waals surface area (Å²) < 4.78 is 0. The van der Waals surface area contributed by atoms with Crippen molar-refractivity contribution in [3.05, 3.63) is 0 Å². The van der Waals surface area contributed by atoms with Crippen molar-refractivity contribution in [2.75, 3.05) is 25.6 Å². The Morgan fingerprint density at radius 3 is 2.50 bits per heavy atom. The van der Waals surface area contributed by atoms with Gasteiger partial charge in [0.25, 0.3) is 0 Å². The SMILES string of the molecule is C[N]CCSC. The molecule has 0 saturated carbocycles. The van der Waals surface area contributed by atoms with Crippen LogP contribution in [0.4, 0.5) is 0 Å². The first-order valence-corrected chi connectivity index (χ1v) is 3.35. The second-order valence-corrected chi connectivity index (χ2v) is 2.02. The van der Waals surface area contributed by atoms with E-state index < -0.39 is 0 Å². The molecule has 0 aliphatic rings. The molecule has 0 amide bonds. The Morgan fingerprint density at radius 2 is 2.33 bits per heavy atom. The zero-order chi connectivity index (χ0) is 4.83. The summed E-state index contributed by atoms with van der Waals surface area (Å²) in [4.78, 5) is 0. The van der Waals surface area contributed by atoms with E-state index in [4.69, 9.17) is 0 Å². The Bertz CT molecular complexity index is 19.5. The lowest BCUT2D eigenvalue weighted by atomic mass is 10.8. The molecule has 0 saturated heterocycles. The van der Waals surface area contributed by atoms with Gasteiger partial charge in [0, 0.05) is 19.3 Å². The van der Waals surface area contributed by atoms with Gasteiger partial charge in [-0.3, -0.25) is 0 Å². The zero-order valence-electron chi connectivity index (χ0n) is 4.27. The molecule has 0 heterocycles. The van der Waals surface area contributed by atoms with Crippen molar-refractivity contribution in [1.29, 1.82) is 0 Å². The van der Waals surface area contributed by atoms with E-state index in [0.717, 1.165) is 12.3 Å². The van der Waals surface area contributed by atoms with E-state index in [9.17, 15) is 0 Å². The van der Waals surface area contributed by atoms with E-state index in [-0.39, 0.29) is 0 Å². The van der Waals surface area contributed by atoms with Gasteiger partial charge in [0.15, 0.2) is 0 Å². The van der Waals surface area contributed by atoms with Crippen LogP contribution in [0, 0.1) is 0 Å². The fourth-order valence-electron chi connectivity index (χ4n) is 0.183. The van der Waals surface area contributed by atoms with Crippen LogP contribution in [0.25, 0.3) is 0 Å². The minimum Gasteiger partial charge on any atom is -0.244 e. The first kappa shape index (κ1) is 6.31. The molecule has 0 aromatic rings. The number of hydrogen-bond acceptors (Lipinski definition) is 1. The molecular formula is C4H10NS. The van der Waals surface area contributed by atoms with Crippen LogP contribution in [0.15, 0.2) is 0 Å². The molecule has 0 N–H and O–H groups in total. The van der Waals surface area contributed by atoms with Crippen LogP contribution in [0.1, 0.15) is 0 Å². The fourth-order valence-corrected chi connectivity index (χ4v) is 0.548. The topological polar surface area (TPSA) is 14.1 Å². The predicted octanol–water partition coefficient (Wildman–Crippen LogP) is 0.584. The maximum absolute atomic E-state index is 3.90. The van der Waals surface area contributed by atoms with E-state index >= 15 is 0 Å². The van der Waals surface area contributed by atoms with E-state index in [1.54, 1.807) is 0 Å². The summed E-state index contributed by atoms with van der Waals surface area (Å²) in [6.07, 6.45) is 2.09. The second kappa shape index (κ2) is 5.31. The van der Waals surface area contributed by atoms with Gasteiger partial charge < -0.3 is 0 Å². The van der Waals surface area contributed by atoms with Gasteiger partial charge in [0.1, 0.15) is 0 Å². The van der Waals surface area contributed by atoms with E-state index in [0.29, 0.717) is 0 Å². The molecule has 0 spiro atoms. The highest BCUT2D eigenvalue weighted by atomic mass is 32.2. The summed E-state index contributed by atoms with van der Waals surface area (Å²) in [7, 11) is 1.84. The lowest BCUT2D eigenvalue weighted by molar-refractivity contribution is 0.854. The van der Waals surface area contributed by atoms with Crippen molar-refractivity contribution >= 4 is 11.8 Å². The van der Waals surface area contributed by atoms with Crippen molar-refractivity contribution in [3.8, 4) is 0 Å². The Hall–Kier alpha value is 0.310. The average Bonchev–Trinajstić information content (AvgIpc) is 1.61. The third kappa shape index (κ3) is 4.31. The molecule has 0 aromatic heterocycles. The quantitative estimate of drug-likeness (QED) is 0.478. The molecule has 0 aliphatic carbocycles. The Balaban J connectivity index is 2.34. The predicted molar refractivity (Wildman–Crippen MR) is 31.3 cm³/mol. The number of nitrogens with zero attached hydrogens (tertiary/aromatic N) is 1. The first-order valence-electron chi connectivity index (χ1n) is 1.96. The van der Waals surface area contributed by atoms with Crippen LogP contribution in [-0.2, 0) is 0 Å². The third-order valence-corrected chi connectivity index (χ3v) is 1.11. The van der Waals surface area contributed by atoms with Crippen LogP contribution >= 0.6 is 11.8 Å². The molecule has 0 atom stereocenters. The molecule has 0 rings (SSSR count). The maximum atomic E-state index is 3.90. The van der Waals surface area contributed by atoms with Gasteiger partial charge in [-0.05, 0) is 6.26 Å². The number of rotatable bonds is 3. The first-order chi connectivity index (χ1) is 2.91. The van der Waals surface area contributed by atoms with E-state index in [2.05, 4.69) is 11.6 Å². The summed E-state index contributed by atoms with van der Waals surface area (Å²) in [6, 6.07) is 0. The molecule has 0 aromatic carbocycles. The third-order valence-electron chi connectivity index (χ3n) is 0.519. The zero-order valence-corrected chi connectivity index (χ0v) is 5.09. The molecule has 0 fully saturated rings. The molecule has 37 valence electrons. The lowest BCUT2D eigenvalue weighted by Gasteiger charge is -1.87. The summed E-state index contributed by atoms with van der Waals surface area (Å²) in [5.74, 6) is 1.16. The second-order valence-electron chi connectivity index (χ2n) is 1.03. The summed E-state index contributed by atoms with van der Waals surface area (Å²) in [5, 5.41) is 3.90. The maximum Gasteiger partial charge on any atom is 0.0220 e. The normalized spacial score (nSPS) is 9.00. The Labute approximate surface area is 43.5 Å². The highest BCUT2D eigenvalue weighted by Crippen LogP contribution is 1.85. The molecule has 0 bridgehead atoms. The standard InChI is InChI=1S/C4H10NS/c1-5-3-4-6-2/h3-4H2,1-2H3. The highest BCUT2D eigenvalue weighted by molar-refractivity contribution is 7.98. The monoisotopic (exact) mass is 104 g/mol.